The number of quaternary nitrogens is 1. The van der Waals surface area contributed by atoms with Gasteiger partial charge in [-0.05, 0) is 22.9 Å². The minimum atomic E-state index is 0.626. The highest BCUT2D eigenvalue weighted by Gasteiger charge is 2.10. The van der Waals surface area contributed by atoms with Crippen LogP contribution in [0, 0.1) is 0 Å². The van der Waals surface area contributed by atoms with Crippen molar-refractivity contribution in [1.29, 1.82) is 0 Å². The third-order valence-electron chi connectivity index (χ3n) is 2.60. The molecule has 0 aromatic carbocycles. The van der Waals surface area contributed by atoms with Crippen molar-refractivity contribution in [2.45, 2.75) is 0 Å². The van der Waals surface area contributed by atoms with Gasteiger partial charge in [0.2, 0.25) is 0 Å². The van der Waals surface area contributed by atoms with E-state index in [0.29, 0.717) is 6.61 Å². The smallest absolute Gasteiger partial charge is 0.165 e. The van der Waals surface area contributed by atoms with Gasteiger partial charge in [0, 0.05) is 21.9 Å². The van der Waals surface area contributed by atoms with Gasteiger partial charge in [0.15, 0.2) is 6.61 Å². The molecule has 5 heteroatoms. The van der Waals surface area contributed by atoms with Gasteiger partial charge in [0.05, 0.1) is 21.1 Å². The van der Waals surface area contributed by atoms with Gasteiger partial charge in [-0.25, -0.2) is 0 Å². The molecular formula is C14H19N2OS2+. The average molecular weight is 295 g/mol. The van der Waals surface area contributed by atoms with Crippen LogP contribution in [0.5, 0.6) is 0 Å². The molecule has 0 aliphatic carbocycles. The van der Waals surface area contributed by atoms with Crippen LogP contribution in [0.3, 0.4) is 0 Å². The lowest BCUT2D eigenvalue weighted by Gasteiger charge is -2.22. The fourth-order valence-electron chi connectivity index (χ4n) is 1.50. The molecule has 2 heterocycles. The summed E-state index contributed by atoms with van der Waals surface area (Å²) >= 11 is 3.35. The highest BCUT2D eigenvalue weighted by molar-refractivity contribution is 7.08. The summed E-state index contributed by atoms with van der Waals surface area (Å²) in [4.78, 5) is 5.50. The Labute approximate surface area is 122 Å². The van der Waals surface area contributed by atoms with Crippen LogP contribution in [0.15, 0.2) is 38.8 Å². The van der Waals surface area contributed by atoms with Crippen LogP contribution in [-0.4, -0.2) is 44.5 Å². The Morgan fingerprint density at radius 3 is 2.11 bits per heavy atom. The van der Waals surface area contributed by atoms with Gasteiger partial charge < -0.3 is 9.32 Å². The van der Waals surface area contributed by atoms with Crippen LogP contribution >= 0.6 is 22.7 Å². The first kappa shape index (κ1) is 14.2. The van der Waals surface area contributed by atoms with E-state index >= 15 is 0 Å². The first-order valence-electron chi connectivity index (χ1n) is 6.12. The van der Waals surface area contributed by atoms with Crippen LogP contribution in [0.1, 0.15) is 11.1 Å². The number of oxime groups is 1. The Balaban J connectivity index is 2.07. The van der Waals surface area contributed by atoms with E-state index < -0.39 is 0 Å². The summed E-state index contributed by atoms with van der Waals surface area (Å²) in [6.07, 6.45) is 0. The second-order valence-corrected chi connectivity index (χ2v) is 6.87. The van der Waals surface area contributed by atoms with Gasteiger partial charge in [0.25, 0.3) is 0 Å². The predicted molar refractivity (Wildman–Crippen MR) is 83.1 cm³/mol. The van der Waals surface area contributed by atoms with E-state index in [1.807, 2.05) is 0 Å². The molecule has 0 atom stereocenters. The van der Waals surface area contributed by atoms with Gasteiger partial charge in [-0.3, -0.25) is 0 Å². The lowest BCUT2D eigenvalue weighted by molar-refractivity contribution is -0.870. The summed E-state index contributed by atoms with van der Waals surface area (Å²) in [5.74, 6) is 0. The fraction of sp³-hybridized carbons (Fsp3) is 0.357. The highest BCUT2D eigenvalue weighted by atomic mass is 32.1. The van der Waals surface area contributed by atoms with Crippen molar-refractivity contribution in [2.75, 3.05) is 34.3 Å². The predicted octanol–water partition coefficient (Wildman–Crippen LogP) is 3.28. The number of thiophene rings is 2. The van der Waals surface area contributed by atoms with E-state index in [1.165, 1.54) is 0 Å². The molecule has 0 amide bonds. The van der Waals surface area contributed by atoms with Gasteiger partial charge >= 0.3 is 0 Å². The molecular weight excluding hydrogens is 276 g/mol. The molecule has 0 bridgehead atoms. The molecule has 2 rings (SSSR count). The maximum absolute atomic E-state index is 5.50. The normalized spacial score (nSPS) is 11.3. The zero-order valence-electron chi connectivity index (χ0n) is 11.5. The Bertz CT molecular complexity index is 474. The van der Waals surface area contributed by atoms with Crippen molar-refractivity contribution >= 4 is 28.4 Å². The summed E-state index contributed by atoms with van der Waals surface area (Å²) in [7, 11) is 6.43. The molecule has 19 heavy (non-hydrogen) atoms. The van der Waals surface area contributed by atoms with Crippen molar-refractivity contribution < 1.29 is 9.32 Å². The highest BCUT2D eigenvalue weighted by Crippen LogP contribution is 2.16. The molecule has 102 valence electrons. The lowest BCUT2D eigenvalue weighted by atomic mass is 10.1. The molecule has 0 aliphatic rings. The minimum absolute atomic E-state index is 0.626. The number of nitrogens with zero attached hydrogens (tertiary/aromatic N) is 2. The van der Waals surface area contributed by atoms with Crippen LogP contribution in [-0.2, 0) is 4.84 Å². The standard InChI is InChI=1S/C14H19N2OS2/c1-16(2,3)6-7-17-15-14(12-4-8-18-10-12)13-5-9-19-11-13/h4-5,8-11H,6-7H2,1-3H3/q+1. The molecule has 3 nitrogen and oxygen atoms in total. The maximum Gasteiger partial charge on any atom is 0.165 e. The molecule has 0 N–H and O–H groups in total. The maximum atomic E-state index is 5.50. The van der Waals surface area contributed by atoms with Gasteiger partial charge in [-0.2, -0.15) is 22.7 Å². The first-order valence-corrected chi connectivity index (χ1v) is 8.00. The number of likely N-dealkylation sites (N-methyl/N-ethyl adjacent to an activating group) is 1. The molecule has 0 spiro atoms. The second kappa shape index (κ2) is 6.32. The molecule has 0 radical (unpaired) electrons. The van der Waals surface area contributed by atoms with Crippen LogP contribution in [0.4, 0.5) is 0 Å². The van der Waals surface area contributed by atoms with Gasteiger partial charge in [0.1, 0.15) is 12.3 Å². The molecule has 0 unspecified atom stereocenters. The largest absolute Gasteiger partial charge is 0.389 e. The number of rotatable bonds is 6. The zero-order chi connectivity index (χ0) is 13.7. The summed E-state index contributed by atoms with van der Waals surface area (Å²) < 4.78 is 0.877. The third-order valence-corrected chi connectivity index (χ3v) is 3.96. The summed E-state index contributed by atoms with van der Waals surface area (Å²) in [6, 6.07) is 4.15. The molecule has 0 saturated carbocycles. The van der Waals surface area contributed by atoms with Crippen LogP contribution in [0.2, 0.25) is 0 Å². The topological polar surface area (TPSA) is 21.6 Å². The zero-order valence-corrected chi connectivity index (χ0v) is 13.1. The fourth-order valence-corrected chi connectivity index (χ4v) is 2.78. The molecule has 2 aromatic rings. The lowest BCUT2D eigenvalue weighted by Crippen LogP contribution is -2.37. The van der Waals surface area contributed by atoms with Gasteiger partial charge in [-0.15, -0.1) is 0 Å². The minimum Gasteiger partial charge on any atom is -0.389 e. The number of hydrogen-bond acceptors (Lipinski definition) is 4. The van der Waals surface area contributed by atoms with Crippen molar-refractivity contribution in [1.82, 2.24) is 0 Å². The van der Waals surface area contributed by atoms with E-state index in [0.717, 1.165) is 27.9 Å². The summed E-state index contributed by atoms with van der Waals surface area (Å²) in [6.45, 7) is 1.56. The van der Waals surface area contributed by atoms with Crippen LogP contribution in [0.25, 0.3) is 0 Å². The molecule has 0 aliphatic heterocycles. The van der Waals surface area contributed by atoms with Crippen molar-refractivity contribution in [3.8, 4) is 0 Å². The van der Waals surface area contributed by atoms with Crippen molar-refractivity contribution in [3.63, 3.8) is 0 Å². The first-order chi connectivity index (χ1) is 9.06. The Morgan fingerprint density at radius 1 is 1.11 bits per heavy atom. The quantitative estimate of drug-likeness (QED) is 0.347. The van der Waals surface area contributed by atoms with Crippen molar-refractivity contribution in [3.05, 3.63) is 44.8 Å². The second-order valence-electron chi connectivity index (χ2n) is 5.31. The molecule has 0 fully saturated rings. The van der Waals surface area contributed by atoms with Crippen LogP contribution < -0.4 is 0 Å². The van der Waals surface area contributed by atoms with E-state index in [9.17, 15) is 0 Å². The third kappa shape index (κ3) is 4.45. The molecule has 2 aromatic heterocycles. The summed E-state index contributed by atoms with van der Waals surface area (Å²) in [5.41, 5.74) is 3.16. The van der Waals surface area contributed by atoms with E-state index in [-0.39, 0.29) is 0 Å². The summed E-state index contributed by atoms with van der Waals surface area (Å²) in [5, 5.41) is 12.6. The van der Waals surface area contributed by atoms with E-state index in [1.54, 1.807) is 22.7 Å². The van der Waals surface area contributed by atoms with Gasteiger partial charge in [-0.1, -0.05) is 5.16 Å². The molecule has 0 saturated heterocycles. The van der Waals surface area contributed by atoms with E-state index in [4.69, 9.17) is 4.84 Å². The Kier molecular flexibility index (Phi) is 4.74. The number of hydrogen-bond donors (Lipinski definition) is 0. The Hall–Kier alpha value is -1.17. The average Bonchev–Trinajstić information content (AvgIpc) is 3.00. The van der Waals surface area contributed by atoms with E-state index in [2.05, 4.69) is 60.0 Å². The monoisotopic (exact) mass is 295 g/mol. The SMILES string of the molecule is C[N+](C)(C)CCON=C(c1ccsc1)c1ccsc1. The Morgan fingerprint density at radius 2 is 1.68 bits per heavy atom. The van der Waals surface area contributed by atoms with Crippen molar-refractivity contribution in [2.24, 2.45) is 5.16 Å².